The maximum Gasteiger partial charge on any atom is 0.182 e. The average molecular weight is 154 g/mol. The SMILES string of the molecule is C=C(C)CNc1nccs1. The van der Waals surface area contributed by atoms with Crippen molar-refractivity contribution in [3.63, 3.8) is 0 Å². The molecule has 2 nitrogen and oxygen atoms in total. The van der Waals surface area contributed by atoms with Crippen LogP contribution in [0.3, 0.4) is 0 Å². The van der Waals surface area contributed by atoms with E-state index in [1.807, 2.05) is 12.3 Å². The summed E-state index contributed by atoms with van der Waals surface area (Å²) >= 11 is 1.60. The van der Waals surface area contributed by atoms with Crippen LogP contribution in [0.4, 0.5) is 5.13 Å². The van der Waals surface area contributed by atoms with E-state index in [1.54, 1.807) is 17.5 Å². The highest BCUT2D eigenvalue weighted by Gasteiger charge is 1.90. The number of aromatic nitrogens is 1. The van der Waals surface area contributed by atoms with Crippen molar-refractivity contribution in [2.45, 2.75) is 6.92 Å². The standard InChI is InChI=1S/C7H10N2S/c1-6(2)5-9-7-8-3-4-10-7/h3-4H,1,5H2,2H3,(H,8,9). The van der Waals surface area contributed by atoms with Gasteiger partial charge < -0.3 is 5.32 Å². The number of hydrogen-bond donors (Lipinski definition) is 1. The van der Waals surface area contributed by atoms with Gasteiger partial charge in [-0.15, -0.1) is 11.3 Å². The maximum atomic E-state index is 4.05. The van der Waals surface area contributed by atoms with Gasteiger partial charge in [0.2, 0.25) is 0 Å². The Morgan fingerprint density at radius 3 is 3.20 bits per heavy atom. The Morgan fingerprint density at radius 1 is 1.90 bits per heavy atom. The van der Waals surface area contributed by atoms with Crippen LogP contribution < -0.4 is 5.32 Å². The van der Waals surface area contributed by atoms with Crippen molar-refractivity contribution in [2.75, 3.05) is 11.9 Å². The Morgan fingerprint density at radius 2 is 2.70 bits per heavy atom. The van der Waals surface area contributed by atoms with Gasteiger partial charge in [0.15, 0.2) is 5.13 Å². The fourth-order valence-corrected chi connectivity index (χ4v) is 1.07. The first kappa shape index (κ1) is 7.28. The van der Waals surface area contributed by atoms with Crippen LogP contribution in [0.2, 0.25) is 0 Å². The Labute approximate surface area is 64.6 Å². The molecule has 0 fully saturated rings. The topological polar surface area (TPSA) is 24.9 Å². The molecule has 0 unspecified atom stereocenters. The molecule has 0 bridgehead atoms. The van der Waals surface area contributed by atoms with Crippen molar-refractivity contribution >= 4 is 16.5 Å². The molecular formula is C7H10N2S. The fourth-order valence-electron chi connectivity index (χ4n) is 0.537. The van der Waals surface area contributed by atoms with Gasteiger partial charge in [-0.05, 0) is 6.92 Å². The summed E-state index contributed by atoms with van der Waals surface area (Å²) in [5.74, 6) is 0. The van der Waals surface area contributed by atoms with Gasteiger partial charge in [-0.3, -0.25) is 0 Å². The molecule has 1 rings (SSSR count). The molecule has 0 aromatic carbocycles. The summed E-state index contributed by atoms with van der Waals surface area (Å²) in [5.41, 5.74) is 1.12. The highest BCUT2D eigenvalue weighted by atomic mass is 32.1. The zero-order valence-corrected chi connectivity index (χ0v) is 6.74. The minimum absolute atomic E-state index is 0.813. The molecule has 10 heavy (non-hydrogen) atoms. The molecule has 0 saturated heterocycles. The number of anilines is 1. The monoisotopic (exact) mass is 154 g/mol. The fraction of sp³-hybridized carbons (Fsp3) is 0.286. The van der Waals surface area contributed by atoms with Gasteiger partial charge in [-0.25, -0.2) is 4.98 Å². The highest BCUT2D eigenvalue weighted by Crippen LogP contribution is 2.09. The van der Waals surface area contributed by atoms with Crippen LogP contribution in [0, 0.1) is 0 Å². The third-order valence-electron chi connectivity index (χ3n) is 0.974. The van der Waals surface area contributed by atoms with Crippen LogP contribution in [0.5, 0.6) is 0 Å². The van der Waals surface area contributed by atoms with Crippen LogP contribution in [0.15, 0.2) is 23.7 Å². The van der Waals surface area contributed by atoms with E-state index in [2.05, 4.69) is 16.9 Å². The minimum Gasteiger partial charge on any atom is -0.358 e. The zero-order chi connectivity index (χ0) is 7.40. The maximum absolute atomic E-state index is 4.05. The summed E-state index contributed by atoms with van der Waals surface area (Å²) in [7, 11) is 0. The third-order valence-corrected chi connectivity index (χ3v) is 1.70. The Bertz CT molecular complexity index is 203. The number of nitrogens with one attached hydrogen (secondary N) is 1. The molecule has 1 N–H and O–H groups in total. The smallest absolute Gasteiger partial charge is 0.182 e. The van der Waals surface area contributed by atoms with Gasteiger partial charge in [0.25, 0.3) is 0 Å². The first-order valence-electron chi connectivity index (χ1n) is 3.07. The molecule has 0 radical (unpaired) electrons. The molecule has 54 valence electrons. The minimum atomic E-state index is 0.813. The summed E-state index contributed by atoms with van der Waals surface area (Å²) in [6.07, 6.45) is 1.78. The van der Waals surface area contributed by atoms with Gasteiger partial charge in [0, 0.05) is 18.1 Å². The molecule has 1 heterocycles. The lowest BCUT2D eigenvalue weighted by Gasteiger charge is -1.98. The van der Waals surface area contributed by atoms with Crippen LogP contribution in [0.25, 0.3) is 0 Å². The van der Waals surface area contributed by atoms with Crippen molar-refractivity contribution in [1.29, 1.82) is 0 Å². The number of hydrogen-bond acceptors (Lipinski definition) is 3. The molecule has 1 aromatic rings. The van der Waals surface area contributed by atoms with E-state index in [4.69, 9.17) is 0 Å². The molecule has 3 heteroatoms. The van der Waals surface area contributed by atoms with Gasteiger partial charge in [-0.2, -0.15) is 0 Å². The van der Waals surface area contributed by atoms with E-state index < -0.39 is 0 Å². The molecule has 0 aliphatic carbocycles. The molecule has 0 saturated carbocycles. The Balaban J connectivity index is 2.35. The summed E-state index contributed by atoms with van der Waals surface area (Å²) in [4.78, 5) is 4.05. The van der Waals surface area contributed by atoms with E-state index in [1.165, 1.54) is 0 Å². The van der Waals surface area contributed by atoms with Crippen LogP contribution >= 0.6 is 11.3 Å². The van der Waals surface area contributed by atoms with Crippen molar-refractivity contribution in [3.05, 3.63) is 23.7 Å². The van der Waals surface area contributed by atoms with E-state index >= 15 is 0 Å². The lowest BCUT2D eigenvalue weighted by molar-refractivity contribution is 1.20. The second-order valence-corrected chi connectivity index (χ2v) is 3.04. The van der Waals surface area contributed by atoms with E-state index in [0.29, 0.717) is 0 Å². The first-order valence-corrected chi connectivity index (χ1v) is 3.95. The average Bonchev–Trinajstić information content (AvgIpc) is 2.34. The first-order chi connectivity index (χ1) is 4.79. The van der Waals surface area contributed by atoms with Gasteiger partial charge in [0.05, 0.1) is 0 Å². The summed E-state index contributed by atoms with van der Waals surface area (Å²) in [5, 5.41) is 6.04. The predicted molar refractivity (Wildman–Crippen MR) is 45.4 cm³/mol. The van der Waals surface area contributed by atoms with E-state index in [-0.39, 0.29) is 0 Å². The summed E-state index contributed by atoms with van der Waals surface area (Å²) in [6, 6.07) is 0. The van der Waals surface area contributed by atoms with Crippen LogP contribution in [0.1, 0.15) is 6.92 Å². The Hall–Kier alpha value is -0.830. The summed E-state index contributed by atoms with van der Waals surface area (Å²) in [6.45, 7) is 6.57. The second-order valence-electron chi connectivity index (χ2n) is 2.15. The van der Waals surface area contributed by atoms with Gasteiger partial charge >= 0.3 is 0 Å². The van der Waals surface area contributed by atoms with Crippen molar-refractivity contribution in [3.8, 4) is 0 Å². The number of nitrogens with zero attached hydrogens (tertiary/aromatic N) is 1. The number of thiazole rings is 1. The largest absolute Gasteiger partial charge is 0.358 e. The van der Waals surface area contributed by atoms with E-state index in [0.717, 1.165) is 17.2 Å². The predicted octanol–water partition coefficient (Wildman–Crippen LogP) is 2.13. The molecule has 1 aromatic heterocycles. The quantitative estimate of drug-likeness (QED) is 0.675. The second kappa shape index (κ2) is 3.37. The van der Waals surface area contributed by atoms with Crippen LogP contribution in [-0.2, 0) is 0 Å². The van der Waals surface area contributed by atoms with Crippen molar-refractivity contribution < 1.29 is 0 Å². The van der Waals surface area contributed by atoms with Gasteiger partial charge in [-0.1, -0.05) is 12.2 Å². The third kappa shape index (κ3) is 2.19. The number of rotatable bonds is 3. The van der Waals surface area contributed by atoms with Crippen molar-refractivity contribution in [2.24, 2.45) is 0 Å². The molecule has 0 atom stereocenters. The lowest BCUT2D eigenvalue weighted by Crippen LogP contribution is -2.00. The zero-order valence-electron chi connectivity index (χ0n) is 5.92. The molecule has 0 spiro atoms. The normalized spacial score (nSPS) is 9.30. The van der Waals surface area contributed by atoms with E-state index in [9.17, 15) is 0 Å². The molecule has 0 amide bonds. The molecular weight excluding hydrogens is 144 g/mol. The van der Waals surface area contributed by atoms with Crippen molar-refractivity contribution in [1.82, 2.24) is 4.98 Å². The van der Waals surface area contributed by atoms with Gasteiger partial charge in [0.1, 0.15) is 0 Å². The Kier molecular flexibility index (Phi) is 2.45. The highest BCUT2D eigenvalue weighted by molar-refractivity contribution is 7.13. The molecule has 0 aliphatic rings. The van der Waals surface area contributed by atoms with Crippen LogP contribution in [-0.4, -0.2) is 11.5 Å². The lowest BCUT2D eigenvalue weighted by atomic mass is 10.4. The molecule has 0 aliphatic heterocycles. The summed E-state index contributed by atoms with van der Waals surface area (Å²) < 4.78 is 0.